The zero-order chi connectivity index (χ0) is 15.3. The summed E-state index contributed by atoms with van der Waals surface area (Å²) in [7, 11) is -2.03. The molecule has 8 heteroatoms. The lowest BCUT2D eigenvalue weighted by Crippen LogP contribution is -2.33. The molecule has 0 aliphatic carbocycles. The smallest absolute Gasteiger partial charge is 0.240 e. The van der Waals surface area contributed by atoms with Crippen LogP contribution in [-0.2, 0) is 10.0 Å². The van der Waals surface area contributed by atoms with Crippen molar-refractivity contribution in [3.63, 3.8) is 0 Å². The normalized spacial score (nSPS) is 18.5. The van der Waals surface area contributed by atoms with Gasteiger partial charge in [0.25, 0.3) is 0 Å². The first-order valence-electron chi connectivity index (χ1n) is 7.07. The van der Waals surface area contributed by atoms with Crippen LogP contribution in [0, 0.1) is 5.92 Å². The summed E-state index contributed by atoms with van der Waals surface area (Å²) in [5, 5.41) is 3.61. The number of piperidine rings is 1. The highest BCUT2D eigenvalue weighted by molar-refractivity contribution is 7.89. The molecule has 1 atom stereocenters. The van der Waals surface area contributed by atoms with Crippen LogP contribution in [0.2, 0.25) is 5.02 Å². The Hall–Kier alpha value is -0.530. The van der Waals surface area contributed by atoms with E-state index in [2.05, 4.69) is 10.0 Å². The van der Waals surface area contributed by atoms with Crippen molar-refractivity contribution in [3.8, 4) is 5.75 Å². The van der Waals surface area contributed by atoms with Crippen LogP contribution in [-0.4, -0.2) is 35.2 Å². The molecule has 0 amide bonds. The molecule has 0 bridgehead atoms. The summed E-state index contributed by atoms with van der Waals surface area (Å²) in [4.78, 5) is 0.162. The van der Waals surface area contributed by atoms with Crippen LogP contribution in [0.1, 0.15) is 19.3 Å². The molecule has 1 aliphatic rings. The quantitative estimate of drug-likeness (QED) is 0.808. The molecule has 0 radical (unpaired) electrons. The summed E-state index contributed by atoms with van der Waals surface area (Å²) in [6.45, 7) is 2.47. The van der Waals surface area contributed by atoms with Gasteiger partial charge in [-0.25, -0.2) is 13.1 Å². The molecule has 1 aliphatic heterocycles. The van der Waals surface area contributed by atoms with Gasteiger partial charge in [0.15, 0.2) is 0 Å². The fourth-order valence-corrected chi connectivity index (χ4v) is 3.86. The van der Waals surface area contributed by atoms with Crippen LogP contribution < -0.4 is 14.8 Å². The standard InChI is InChI=1S/C14H21ClN2O3S.ClH/c1-20-14-5-4-12(9-13(14)15)21(18,19)17-8-6-11-3-2-7-16-10-11;/h4-5,9,11,16-17H,2-3,6-8,10H2,1H3;1H. The van der Waals surface area contributed by atoms with E-state index in [0.29, 0.717) is 18.2 Å². The number of benzene rings is 1. The molecule has 5 nitrogen and oxygen atoms in total. The van der Waals surface area contributed by atoms with Gasteiger partial charge >= 0.3 is 0 Å². The van der Waals surface area contributed by atoms with E-state index >= 15 is 0 Å². The fourth-order valence-electron chi connectivity index (χ4n) is 2.47. The number of hydrogen-bond donors (Lipinski definition) is 2. The Morgan fingerprint density at radius 3 is 2.82 bits per heavy atom. The summed E-state index contributed by atoms with van der Waals surface area (Å²) in [5.74, 6) is 1.00. The molecule has 1 aromatic carbocycles. The van der Waals surface area contributed by atoms with E-state index < -0.39 is 10.0 Å². The highest BCUT2D eigenvalue weighted by Gasteiger charge is 2.17. The van der Waals surface area contributed by atoms with E-state index in [-0.39, 0.29) is 22.3 Å². The Morgan fingerprint density at radius 1 is 1.45 bits per heavy atom. The first-order valence-corrected chi connectivity index (χ1v) is 8.93. The minimum Gasteiger partial charge on any atom is -0.495 e. The lowest BCUT2D eigenvalue weighted by Gasteiger charge is -2.22. The van der Waals surface area contributed by atoms with Crippen molar-refractivity contribution in [2.24, 2.45) is 5.92 Å². The average molecular weight is 369 g/mol. The van der Waals surface area contributed by atoms with Crippen molar-refractivity contribution in [1.82, 2.24) is 10.0 Å². The van der Waals surface area contributed by atoms with E-state index in [4.69, 9.17) is 16.3 Å². The molecule has 1 aromatic rings. The van der Waals surface area contributed by atoms with Gasteiger partial charge in [-0.1, -0.05) is 11.6 Å². The van der Waals surface area contributed by atoms with Gasteiger partial charge in [0.1, 0.15) is 5.75 Å². The first kappa shape index (κ1) is 19.5. The van der Waals surface area contributed by atoms with Gasteiger partial charge in [-0.05, 0) is 56.5 Å². The van der Waals surface area contributed by atoms with Crippen LogP contribution in [0.4, 0.5) is 0 Å². The lowest BCUT2D eigenvalue weighted by atomic mass is 9.96. The summed E-state index contributed by atoms with van der Waals surface area (Å²) < 4.78 is 32.1. The number of rotatable bonds is 6. The number of halogens is 2. The molecule has 1 unspecified atom stereocenters. The third kappa shape index (κ3) is 5.28. The van der Waals surface area contributed by atoms with Crippen LogP contribution in [0.15, 0.2) is 23.1 Å². The second kappa shape index (κ2) is 8.93. The summed E-state index contributed by atoms with van der Waals surface area (Å²) >= 11 is 5.97. The Morgan fingerprint density at radius 2 is 2.23 bits per heavy atom. The van der Waals surface area contributed by atoms with Crippen LogP contribution >= 0.6 is 24.0 Å². The minimum atomic E-state index is -3.52. The van der Waals surface area contributed by atoms with Crippen molar-refractivity contribution in [1.29, 1.82) is 0 Å². The molecule has 0 aromatic heterocycles. The maximum Gasteiger partial charge on any atom is 0.240 e. The highest BCUT2D eigenvalue weighted by Crippen LogP contribution is 2.26. The highest BCUT2D eigenvalue weighted by atomic mass is 35.5. The van der Waals surface area contributed by atoms with Crippen LogP contribution in [0.3, 0.4) is 0 Å². The zero-order valence-corrected chi connectivity index (χ0v) is 14.9. The SMILES string of the molecule is COc1ccc(S(=O)(=O)NCCC2CCCNC2)cc1Cl.Cl. The minimum absolute atomic E-state index is 0. The number of nitrogens with one attached hydrogen (secondary N) is 2. The largest absolute Gasteiger partial charge is 0.495 e. The summed E-state index contributed by atoms with van der Waals surface area (Å²) in [5.41, 5.74) is 0. The topological polar surface area (TPSA) is 67.4 Å². The van der Waals surface area contributed by atoms with Crippen molar-refractivity contribution in [3.05, 3.63) is 23.2 Å². The molecule has 126 valence electrons. The third-order valence-corrected chi connectivity index (χ3v) is 5.43. The Kier molecular flexibility index (Phi) is 7.93. The second-order valence-electron chi connectivity index (χ2n) is 5.20. The second-order valence-corrected chi connectivity index (χ2v) is 7.37. The van der Waals surface area contributed by atoms with E-state index in [0.717, 1.165) is 32.4 Å². The maximum atomic E-state index is 12.2. The molecule has 2 N–H and O–H groups in total. The van der Waals surface area contributed by atoms with Crippen LogP contribution in [0.5, 0.6) is 5.75 Å². The fraction of sp³-hybridized carbons (Fsp3) is 0.571. The molecule has 2 rings (SSSR count). The Balaban J connectivity index is 0.00000242. The van der Waals surface area contributed by atoms with Crippen molar-refractivity contribution in [2.45, 2.75) is 24.2 Å². The molecule has 1 heterocycles. The Bertz CT molecular complexity index is 575. The monoisotopic (exact) mass is 368 g/mol. The maximum absolute atomic E-state index is 12.2. The van der Waals surface area contributed by atoms with Crippen molar-refractivity contribution in [2.75, 3.05) is 26.7 Å². The third-order valence-electron chi connectivity index (χ3n) is 3.68. The molecule has 1 saturated heterocycles. The van der Waals surface area contributed by atoms with Crippen molar-refractivity contribution < 1.29 is 13.2 Å². The molecule has 1 fully saturated rings. The van der Waals surface area contributed by atoms with Gasteiger partial charge in [0, 0.05) is 6.54 Å². The molecular weight excluding hydrogens is 347 g/mol. The summed E-state index contributed by atoms with van der Waals surface area (Å²) in [6.07, 6.45) is 3.16. The first-order chi connectivity index (χ1) is 10.0. The van der Waals surface area contributed by atoms with Gasteiger partial charge in [-0.3, -0.25) is 0 Å². The lowest BCUT2D eigenvalue weighted by molar-refractivity contribution is 0.358. The molecular formula is C14H22Cl2N2O3S. The van der Waals surface area contributed by atoms with Gasteiger partial charge in [-0.2, -0.15) is 0 Å². The van der Waals surface area contributed by atoms with E-state index in [1.54, 1.807) is 6.07 Å². The van der Waals surface area contributed by atoms with E-state index in [9.17, 15) is 8.42 Å². The number of methoxy groups -OCH3 is 1. The average Bonchev–Trinajstić information content (AvgIpc) is 2.48. The number of hydrogen-bond acceptors (Lipinski definition) is 4. The van der Waals surface area contributed by atoms with Crippen LogP contribution in [0.25, 0.3) is 0 Å². The molecule has 22 heavy (non-hydrogen) atoms. The number of ether oxygens (including phenoxy) is 1. The van der Waals surface area contributed by atoms with E-state index in [1.165, 1.54) is 19.2 Å². The molecule has 0 spiro atoms. The van der Waals surface area contributed by atoms with Gasteiger partial charge < -0.3 is 10.1 Å². The van der Waals surface area contributed by atoms with Gasteiger partial charge in [0.2, 0.25) is 10.0 Å². The van der Waals surface area contributed by atoms with E-state index in [1.807, 2.05) is 0 Å². The van der Waals surface area contributed by atoms with Gasteiger partial charge in [-0.15, -0.1) is 12.4 Å². The molecule has 0 saturated carbocycles. The van der Waals surface area contributed by atoms with Gasteiger partial charge in [0.05, 0.1) is 17.0 Å². The number of sulfonamides is 1. The zero-order valence-electron chi connectivity index (χ0n) is 12.5. The predicted molar refractivity (Wildman–Crippen MR) is 90.7 cm³/mol. The summed E-state index contributed by atoms with van der Waals surface area (Å²) in [6, 6.07) is 4.46. The predicted octanol–water partition coefficient (Wildman–Crippen LogP) is 2.44. The van der Waals surface area contributed by atoms with Crippen molar-refractivity contribution >= 4 is 34.0 Å². The Labute approximate surface area is 143 Å².